The molecule has 1 fully saturated rings. The largest absolute Gasteiger partial charge is 0.462 e. The van der Waals surface area contributed by atoms with Crippen molar-refractivity contribution >= 4 is 17.5 Å². The van der Waals surface area contributed by atoms with Gasteiger partial charge in [-0.25, -0.2) is 9.78 Å². The average molecular weight is 277 g/mol. The summed E-state index contributed by atoms with van der Waals surface area (Å²) in [4.78, 5) is 18.5. The van der Waals surface area contributed by atoms with Crippen LogP contribution in [-0.2, 0) is 4.74 Å². The van der Waals surface area contributed by atoms with E-state index >= 15 is 0 Å². The lowest BCUT2D eigenvalue weighted by molar-refractivity contribution is 0.0527. The Kier molecular flexibility index (Phi) is 4.47. The van der Waals surface area contributed by atoms with Crippen molar-refractivity contribution in [2.75, 3.05) is 23.8 Å². The number of pyridine rings is 1. The first-order chi connectivity index (χ1) is 9.54. The molecule has 1 aromatic heterocycles. The lowest BCUT2D eigenvalue weighted by Crippen LogP contribution is -2.31. The van der Waals surface area contributed by atoms with E-state index < -0.39 is 0 Å². The molecule has 1 aliphatic rings. The van der Waals surface area contributed by atoms with E-state index in [0.717, 1.165) is 19.4 Å². The number of hydrogen-bond donors (Lipinski definition) is 1. The van der Waals surface area contributed by atoms with Crippen LogP contribution in [0.25, 0.3) is 0 Å². The molecule has 2 N–H and O–H groups in total. The van der Waals surface area contributed by atoms with Crippen LogP contribution >= 0.6 is 0 Å². The molecule has 5 heteroatoms. The first kappa shape index (κ1) is 14.6. The summed E-state index contributed by atoms with van der Waals surface area (Å²) in [5.74, 6) is 0.851. The van der Waals surface area contributed by atoms with Gasteiger partial charge in [0, 0.05) is 18.8 Å². The molecule has 0 spiro atoms. The zero-order chi connectivity index (χ0) is 14.7. The third-order valence-corrected chi connectivity index (χ3v) is 3.29. The Balaban J connectivity index is 2.30. The number of nitrogens with two attached hydrogens (primary N) is 1. The highest BCUT2D eigenvalue weighted by Crippen LogP contribution is 2.35. The van der Waals surface area contributed by atoms with Crippen LogP contribution in [0.15, 0.2) is 12.3 Å². The fraction of sp³-hybridized carbons (Fsp3) is 0.600. The van der Waals surface area contributed by atoms with E-state index in [1.807, 2.05) is 0 Å². The second-order valence-electron chi connectivity index (χ2n) is 5.59. The van der Waals surface area contributed by atoms with Crippen molar-refractivity contribution in [2.45, 2.75) is 39.7 Å². The van der Waals surface area contributed by atoms with Crippen molar-refractivity contribution in [1.82, 2.24) is 4.98 Å². The molecule has 0 atom stereocenters. The molecule has 1 heterocycles. The molecule has 0 bridgehead atoms. The first-order valence-electron chi connectivity index (χ1n) is 7.22. The summed E-state index contributed by atoms with van der Waals surface area (Å²) in [6, 6.07) is 2.13. The van der Waals surface area contributed by atoms with Crippen molar-refractivity contribution in [3.63, 3.8) is 0 Å². The second-order valence-corrected chi connectivity index (χ2v) is 5.59. The fourth-order valence-corrected chi connectivity index (χ4v) is 2.27. The molecule has 1 aromatic rings. The molecule has 0 amide bonds. The Hall–Kier alpha value is -1.78. The quantitative estimate of drug-likeness (QED) is 0.809. The maximum Gasteiger partial charge on any atom is 0.340 e. The maximum atomic E-state index is 11.9. The summed E-state index contributed by atoms with van der Waals surface area (Å²) in [5, 5.41) is 0. The molecule has 0 aromatic carbocycles. The molecule has 5 nitrogen and oxygen atoms in total. The lowest BCUT2D eigenvalue weighted by Gasteiger charge is -2.27. The SMILES string of the molecule is CCOC(=O)c1ccnc(N(CC(C)C)C2CC2)c1N. The monoisotopic (exact) mass is 277 g/mol. The van der Waals surface area contributed by atoms with Gasteiger partial charge in [0.1, 0.15) is 0 Å². The van der Waals surface area contributed by atoms with Crippen LogP contribution < -0.4 is 10.6 Å². The summed E-state index contributed by atoms with van der Waals surface area (Å²) in [7, 11) is 0. The second kappa shape index (κ2) is 6.11. The molecule has 0 aliphatic heterocycles. The van der Waals surface area contributed by atoms with Crippen LogP contribution in [0.1, 0.15) is 44.0 Å². The van der Waals surface area contributed by atoms with Crippen molar-refractivity contribution in [3.05, 3.63) is 17.8 Å². The highest BCUT2D eigenvalue weighted by Gasteiger charge is 2.32. The number of ether oxygens (including phenoxy) is 1. The number of hydrogen-bond acceptors (Lipinski definition) is 5. The minimum atomic E-state index is -0.381. The Morgan fingerprint density at radius 1 is 1.55 bits per heavy atom. The minimum Gasteiger partial charge on any atom is -0.462 e. The zero-order valence-electron chi connectivity index (χ0n) is 12.4. The van der Waals surface area contributed by atoms with Gasteiger partial charge in [-0.15, -0.1) is 0 Å². The Morgan fingerprint density at radius 3 is 2.80 bits per heavy atom. The number of carbonyl (C=O) groups excluding carboxylic acids is 1. The summed E-state index contributed by atoms with van der Waals surface area (Å²) in [5.41, 5.74) is 6.99. The van der Waals surface area contributed by atoms with Crippen LogP contribution in [0.5, 0.6) is 0 Å². The van der Waals surface area contributed by atoms with Gasteiger partial charge in [-0.05, 0) is 31.7 Å². The van der Waals surface area contributed by atoms with E-state index in [4.69, 9.17) is 10.5 Å². The van der Waals surface area contributed by atoms with E-state index in [-0.39, 0.29) is 5.97 Å². The van der Waals surface area contributed by atoms with E-state index in [0.29, 0.717) is 35.6 Å². The molecular weight excluding hydrogens is 254 g/mol. The highest BCUT2D eigenvalue weighted by atomic mass is 16.5. The number of esters is 1. The van der Waals surface area contributed by atoms with Crippen molar-refractivity contribution in [2.24, 2.45) is 5.92 Å². The van der Waals surface area contributed by atoms with Gasteiger partial charge in [-0.3, -0.25) is 0 Å². The van der Waals surface area contributed by atoms with Gasteiger partial charge in [-0.2, -0.15) is 0 Å². The molecule has 1 aliphatic carbocycles. The summed E-state index contributed by atoms with van der Waals surface area (Å²) in [6.45, 7) is 7.36. The smallest absolute Gasteiger partial charge is 0.340 e. The molecule has 2 rings (SSSR count). The van der Waals surface area contributed by atoms with Crippen LogP contribution in [-0.4, -0.2) is 30.1 Å². The van der Waals surface area contributed by atoms with Gasteiger partial charge in [0.15, 0.2) is 5.82 Å². The van der Waals surface area contributed by atoms with E-state index in [1.54, 1.807) is 19.2 Å². The van der Waals surface area contributed by atoms with Crippen LogP contribution in [0, 0.1) is 5.92 Å². The molecule has 0 radical (unpaired) electrons. The molecule has 0 unspecified atom stereocenters. The highest BCUT2D eigenvalue weighted by molar-refractivity contribution is 5.97. The summed E-state index contributed by atoms with van der Waals surface area (Å²) in [6.07, 6.45) is 3.96. The van der Waals surface area contributed by atoms with Crippen LogP contribution in [0.4, 0.5) is 11.5 Å². The Labute approximate surface area is 120 Å². The molecule has 20 heavy (non-hydrogen) atoms. The van der Waals surface area contributed by atoms with Gasteiger partial charge in [0.25, 0.3) is 0 Å². The van der Waals surface area contributed by atoms with Gasteiger partial charge >= 0.3 is 5.97 Å². The maximum absolute atomic E-state index is 11.9. The Bertz CT molecular complexity index is 484. The third kappa shape index (κ3) is 3.21. The predicted octanol–water partition coefficient (Wildman–Crippen LogP) is 2.47. The standard InChI is InChI=1S/C15H23N3O2/c1-4-20-15(19)12-7-8-17-14(13(12)16)18(9-10(2)3)11-5-6-11/h7-8,10-11H,4-6,9,16H2,1-3H3. The number of anilines is 2. The van der Waals surface area contributed by atoms with Gasteiger partial charge in [-0.1, -0.05) is 13.8 Å². The van der Waals surface area contributed by atoms with E-state index in [2.05, 4.69) is 23.7 Å². The normalized spacial score (nSPS) is 14.4. The number of carbonyl (C=O) groups is 1. The van der Waals surface area contributed by atoms with E-state index in [1.165, 1.54) is 0 Å². The zero-order valence-corrected chi connectivity index (χ0v) is 12.4. The third-order valence-electron chi connectivity index (χ3n) is 3.29. The summed E-state index contributed by atoms with van der Waals surface area (Å²) >= 11 is 0. The van der Waals surface area contributed by atoms with Crippen LogP contribution in [0.2, 0.25) is 0 Å². The molecule has 110 valence electrons. The number of nitrogens with zero attached hydrogens (tertiary/aromatic N) is 2. The topological polar surface area (TPSA) is 68.5 Å². The number of rotatable bonds is 6. The van der Waals surface area contributed by atoms with E-state index in [9.17, 15) is 4.79 Å². The fourth-order valence-electron chi connectivity index (χ4n) is 2.27. The van der Waals surface area contributed by atoms with Crippen molar-refractivity contribution in [1.29, 1.82) is 0 Å². The minimum absolute atomic E-state index is 0.342. The lowest BCUT2D eigenvalue weighted by atomic mass is 10.1. The van der Waals surface area contributed by atoms with Crippen molar-refractivity contribution in [3.8, 4) is 0 Å². The number of nitrogen functional groups attached to an aromatic ring is 1. The van der Waals surface area contributed by atoms with Gasteiger partial charge < -0.3 is 15.4 Å². The summed E-state index contributed by atoms with van der Waals surface area (Å²) < 4.78 is 5.04. The molecule has 0 saturated heterocycles. The predicted molar refractivity (Wildman–Crippen MR) is 79.8 cm³/mol. The van der Waals surface area contributed by atoms with Crippen LogP contribution in [0.3, 0.4) is 0 Å². The average Bonchev–Trinajstić information content (AvgIpc) is 3.21. The van der Waals surface area contributed by atoms with Crippen molar-refractivity contribution < 1.29 is 9.53 Å². The van der Waals surface area contributed by atoms with Gasteiger partial charge in [0.05, 0.1) is 17.9 Å². The molecular formula is C15H23N3O2. The first-order valence-corrected chi connectivity index (χ1v) is 7.22. The van der Waals surface area contributed by atoms with Gasteiger partial charge in [0.2, 0.25) is 0 Å². The Morgan fingerprint density at radius 2 is 2.25 bits per heavy atom. The number of aromatic nitrogens is 1. The molecule has 1 saturated carbocycles.